The molecule has 2 heterocycles. The molecular formula is C38H55N5O2. The van der Waals surface area contributed by atoms with Gasteiger partial charge in [0.1, 0.15) is 12.4 Å². The number of piperidine rings is 1. The first-order valence-corrected chi connectivity index (χ1v) is 16.9. The number of hydrogen-bond acceptors (Lipinski definition) is 6. The van der Waals surface area contributed by atoms with Crippen LogP contribution in [0.1, 0.15) is 100 Å². The smallest absolute Gasteiger partial charge is 0.312 e. The van der Waals surface area contributed by atoms with E-state index in [1.807, 2.05) is 56.6 Å². The minimum atomic E-state index is -0.761. The average molecular weight is 614 g/mol. The number of carbonyl (C=O) groups excluding carboxylic acids is 1. The Hall–Kier alpha value is -3.58. The molecular weight excluding hydrogens is 558 g/mol. The van der Waals surface area contributed by atoms with Crippen molar-refractivity contribution in [2.24, 2.45) is 17.1 Å². The summed E-state index contributed by atoms with van der Waals surface area (Å²) in [6.45, 7) is 15.7. The van der Waals surface area contributed by atoms with E-state index in [1.165, 1.54) is 30.4 Å². The van der Waals surface area contributed by atoms with Crippen LogP contribution in [0.3, 0.4) is 0 Å². The van der Waals surface area contributed by atoms with E-state index < -0.39 is 5.41 Å². The minimum absolute atomic E-state index is 0.0830. The predicted octanol–water partition coefficient (Wildman–Crippen LogP) is 7.29. The maximum absolute atomic E-state index is 13.7. The Morgan fingerprint density at radius 1 is 1.13 bits per heavy atom. The topological polar surface area (TPSA) is 85.4 Å². The van der Waals surface area contributed by atoms with E-state index in [1.54, 1.807) is 0 Å². The molecule has 244 valence electrons. The fraction of sp³-hybridized carbons (Fsp3) is 0.526. The molecule has 7 nitrogen and oxygen atoms in total. The lowest BCUT2D eigenvalue weighted by Crippen LogP contribution is -2.34. The van der Waals surface area contributed by atoms with E-state index in [0.717, 1.165) is 74.1 Å². The quantitative estimate of drug-likeness (QED) is 0.130. The number of nitrogens with zero attached hydrogens (tertiary/aromatic N) is 3. The second kappa shape index (κ2) is 16.6. The lowest BCUT2D eigenvalue weighted by Gasteiger charge is -2.33. The highest BCUT2D eigenvalue weighted by molar-refractivity contribution is 5.77. The van der Waals surface area contributed by atoms with Crippen molar-refractivity contribution in [1.82, 2.24) is 19.8 Å². The Morgan fingerprint density at radius 2 is 1.89 bits per heavy atom. The predicted molar refractivity (Wildman–Crippen MR) is 183 cm³/mol. The van der Waals surface area contributed by atoms with Gasteiger partial charge in [-0.2, -0.15) is 0 Å². The molecule has 1 unspecified atom stereocenters. The van der Waals surface area contributed by atoms with Crippen molar-refractivity contribution < 1.29 is 9.53 Å². The van der Waals surface area contributed by atoms with Gasteiger partial charge in [0.2, 0.25) is 0 Å². The van der Waals surface area contributed by atoms with Crippen LogP contribution in [0.5, 0.6) is 0 Å². The highest BCUT2D eigenvalue weighted by atomic mass is 16.5. The van der Waals surface area contributed by atoms with Crippen LogP contribution in [0, 0.1) is 18.3 Å². The zero-order valence-corrected chi connectivity index (χ0v) is 28.2. The lowest BCUT2D eigenvalue weighted by atomic mass is 9.72. The molecule has 0 aliphatic carbocycles. The standard InChI is InChI=1S/C38H55N5O2/c1-6-19-40-25-34(39)15-16-35(38(4,5)37(44)45-28-31-11-9-8-10-12-31)32-14-13-29(3)33(24-32)26-43-23-20-41-36(43)27-42-21-17-30(7-2)18-22-42/h8-14,20,23-25,30,35,40H,6-7,15-19,21-22,26-28,39H2,1-5H3/b34-25-. The third-order valence-corrected chi connectivity index (χ3v) is 9.58. The molecule has 3 N–H and O–H groups in total. The molecule has 1 fully saturated rings. The van der Waals surface area contributed by atoms with Gasteiger partial charge in [-0.3, -0.25) is 9.69 Å². The molecule has 1 aliphatic rings. The Balaban J connectivity index is 1.54. The molecule has 2 aromatic carbocycles. The molecule has 4 rings (SSSR count). The van der Waals surface area contributed by atoms with Gasteiger partial charge in [-0.15, -0.1) is 0 Å². The summed E-state index contributed by atoms with van der Waals surface area (Å²) in [6, 6.07) is 16.5. The van der Waals surface area contributed by atoms with E-state index in [-0.39, 0.29) is 18.5 Å². The van der Waals surface area contributed by atoms with Crippen LogP contribution >= 0.6 is 0 Å². The van der Waals surface area contributed by atoms with Crippen molar-refractivity contribution in [2.45, 2.75) is 98.8 Å². The zero-order chi connectivity index (χ0) is 32.2. The molecule has 0 bridgehead atoms. The van der Waals surface area contributed by atoms with Crippen LogP contribution in [0.25, 0.3) is 0 Å². The van der Waals surface area contributed by atoms with Gasteiger partial charge in [-0.1, -0.05) is 68.8 Å². The van der Waals surface area contributed by atoms with Crippen molar-refractivity contribution >= 4 is 5.97 Å². The van der Waals surface area contributed by atoms with Gasteiger partial charge in [-0.25, -0.2) is 4.98 Å². The van der Waals surface area contributed by atoms with Gasteiger partial charge >= 0.3 is 5.97 Å². The van der Waals surface area contributed by atoms with Crippen molar-refractivity contribution in [3.63, 3.8) is 0 Å². The summed E-state index contributed by atoms with van der Waals surface area (Å²) in [5.41, 5.74) is 11.0. The average Bonchev–Trinajstić information content (AvgIpc) is 3.48. The fourth-order valence-corrected chi connectivity index (χ4v) is 6.38. The van der Waals surface area contributed by atoms with Gasteiger partial charge < -0.3 is 20.4 Å². The van der Waals surface area contributed by atoms with Gasteiger partial charge in [0.25, 0.3) is 0 Å². The number of benzene rings is 2. The molecule has 1 saturated heterocycles. The second-order valence-electron chi connectivity index (χ2n) is 13.3. The van der Waals surface area contributed by atoms with Gasteiger partial charge in [0, 0.05) is 37.4 Å². The number of ether oxygens (including phenoxy) is 1. The molecule has 7 heteroatoms. The SMILES string of the molecule is CCCN/C=C(\N)CCC(c1ccc(C)c(Cn2ccnc2CN2CCC(CC)CC2)c1)C(C)(C)C(=O)OCc1ccccc1. The summed E-state index contributed by atoms with van der Waals surface area (Å²) in [5.74, 6) is 1.68. The molecule has 1 aliphatic heterocycles. The summed E-state index contributed by atoms with van der Waals surface area (Å²) in [7, 11) is 0. The Morgan fingerprint density at radius 3 is 2.60 bits per heavy atom. The van der Waals surface area contributed by atoms with Crippen molar-refractivity contribution in [2.75, 3.05) is 19.6 Å². The molecule has 0 radical (unpaired) electrons. The monoisotopic (exact) mass is 613 g/mol. The van der Waals surface area contributed by atoms with Gasteiger partial charge in [0.05, 0.1) is 12.0 Å². The number of aryl methyl sites for hydroxylation is 1. The number of imidazole rings is 1. The number of nitrogens with two attached hydrogens (primary N) is 1. The molecule has 0 amide bonds. The molecule has 45 heavy (non-hydrogen) atoms. The van der Waals surface area contributed by atoms with Crippen LogP contribution in [-0.4, -0.2) is 40.1 Å². The first kappa shape index (κ1) is 34.3. The first-order chi connectivity index (χ1) is 21.7. The number of aromatic nitrogens is 2. The van der Waals surface area contributed by atoms with E-state index in [0.29, 0.717) is 6.42 Å². The Kier molecular flexibility index (Phi) is 12.7. The molecule has 3 aromatic rings. The maximum Gasteiger partial charge on any atom is 0.312 e. The summed E-state index contributed by atoms with van der Waals surface area (Å²) in [6.07, 6.45) is 12.2. The highest BCUT2D eigenvalue weighted by Crippen LogP contribution is 2.41. The van der Waals surface area contributed by atoms with E-state index in [2.05, 4.69) is 60.0 Å². The van der Waals surface area contributed by atoms with Crippen LogP contribution in [0.4, 0.5) is 0 Å². The van der Waals surface area contributed by atoms with Crippen LogP contribution < -0.4 is 11.1 Å². The number of rotatable bonds is 16. The molecule has 0 spiro atoms. The number of hydrogen-bond donors (Lipinski definition) is 2. The molecule has 1 atom stereocenters. The third kappa shape index (κ3) is 9.70. The lowest BCUT2D eigenvalue weighted by molar-refractivity contribution is -0.156. The Bertz CT molecular complexity index is 1370. The van der Waals surface area contributed by atoms with Crippen LogP contribution in [0.15, 0.2) is 72.8 Å². The number of allylic oxidation sites excluding steroid dienone is 1. The van der Waals surface area contributed by atoms with Crippen LogP contribution in [0.2, 0.25) is 0 Å². The number of esters is 1. The van der Waals surface area contributed by atoms with E-state index in [9.17, 15) is 4.79 Å². The Labute approximate surface area is 271 Å². The van der Waals surface area contributed by atoms with Gasteiger partial charge in [0.15, 0.2) is 0 Å². The highest BCUT2D eigenvalue weighted by Gasteiger charge is 2.39. The third-order valence-electron chi connectivity index (χ3n) is 9.58. The van der Waals surface area contributed by atoms with E-state index >= 15 is 0 Å². The summed E-state index contributed by atoms with van der Waals surface area (Å²) < 4.78 is 8.19. The first-order valence-electron chi connectivity index (χ1n) is 16.9. The normalized spacial score (nSPS) is 15.6. The molecule has 0 saturated carbocycles. The largest absolute Gasteiger partial charge is 0.460 e. The fourth-order valence-electron chi connectivity index (χ4n) is 6.38. The summed E-state index contributed by atoms with van der Waals surface area (Å²) in [4.78, 5) is 21.0. The number of nitrogens with one attached hydrogen (secondary N) is 1. The molecule has 1 aromatic heterocycles. The van der Waals surface area contributed by atoms with E-state index in [4.69, 9.17) is 15.5 Å². The minimum Gasteiger partial charge on any atom is -0.460 e. The van der Waals surface area contributed by atoms with Crippen LogP contribution in [-0.2, 0) is 29.2 Å². The summed E-state index contributed by atoms with van der Waals surface area (Å²) in [5, 5.41) is 3.29. The maximum atomic E-state index is 13.7. The van der Waals surface area contributed by atoms with Crippen molar-refractivity contribution in [1.29, 1.82) is 0 Å². The van der Waals surface area contributed by atoms with Gasteiger partial charge in [-0.05, 0) is 100 Å². The number of carbonyl (C=O) groups is 1. The second-order valence-corrected chi connectivity index (χ2v) is 13.3. The number of likely N-dealkylation sites (tertiary alicyclic amines) is 1. The van der Waals surface area contributed by atoms with Crippen molar-refractivity contribution in [3.05, 3.63) is 101 Å². The van der Waals surface area contributed by atoms with Crippen molar-refractivity contribution in [3.8, 4) is 0 Å². The summed E-state index contributed by atoms with van der Waals surface area (Å²) >= 11 is 0. The zero-order valence-electron chi connectivity index (χ0n) is 28.2.